The van der Waals surface area contributed by atoms with Gasteiger partial charge in [-0.05, 0) is 26.2 Å². The molecule has 0 aliphatic carbocycles. The van der Waals surface area contributed by atoms with E-state index in [2.05, 4.69) is 9.71 Å². The molecular weight excluding hydrogens is 326 g/mol. The van der Waals surface area contributed by atoms with E-state index in [9.17, 15) is 13.2 Å². The highest BCUT2D eigenvalue weighted by Crippen LogP contribution is 2.28. The molecule has 0 spiro atoms. The van der Waals surface area contributed by atoms with Crippen LogP contribution in [0.1, 0.15) is 38.1 Å². The zero-order chi connectivity index (χ0) is 16.4. The number of aromatic nitrogens is 1. The van der Waals surface area contributed by atoms with Crippen molar-refractivity contribution in [2.75, 3.05) is 13.1 Å². The summed E-state index contributed by atoms with van der Waals surface area (Å²) in [6.45, 7) is 4.17. The van der Waals surface area contributed by atoms with Gasteiger partial charge in [0.05, 0.1) is 11.5 Å². The minimum Gasteiger partial charge on any atom is -0.481 e. The lowest BCUT2D eigenvalue weighted by Gasteiger charge is -2.34. The highest BCUT2D eigenvalue weighted by atomic mass is 32.2. The Hall–Kier alpha value is -1.03. The highest BCUT2D eigenvalue weighted by molar-refractivity contribution is 7.87. The monoisotopic (exact) mass is 347 g/mol. The molecule has 22 heavy (non-hydrogen) atoms. The molecule has 124 valence electrons. The van der Waals surface area contributed by atoms with Gasteiger partial charge in [-0.25, -0.2) is 4.98 Å². The zero-order valence-corrected chi connectivity index (χ0v) is 14.3. The first-order valence-corrected chi connectivity index (χ1v) is 9.52. The molecule has 1 aliphatic rings. The Bertz CT molecular complexity index is 609. The summed E-state index contributed by atoms with van der Waals surface area (Å²) in [5, 5.41) is 11.5. The van der Waals surface area contributed by atoms with Crippen LogP contribution in [-0.2, 0) is 20.5 Å². The number of rotatable bonds is 6. The molecule has 1 aromatic heterocycles. The van der Waals surface area contributed by atoms with E-state index in [1.807, 2.05) is 19.2 Å². The van der Waals surface area contributed by atoms with Gasteiger partial charge in [-0.2, -0.15) is 17.4 Å². The van der Waals surface area contributed by atoms with Crippen molar-refractivity contribution in [3.8, 4) is 0 Å². The lowest BCUT2D eigenvalue weighted by atomic mass is 9.99. The molecule has 1 aliphatic heterocycles. The van der Waals surface area contributed by atoms with Gasteiger partial charge < -0.3 is 5.11 Å². The quantitative estimate of drug-likeness (QED) is 0.810. The van der Waals surface area contributed by atoms with Crippen molar-refractivity contribution >= 4 is 27.5 Å². The van der Waals surface area contributed by atoms with Crippen LogP contribution in [-0.4, -0.2) is 41.9 Å². The highest BCUT2D eigenvalue weighted by Gasteiger charge is 2.37. The van der Waals surface area contributed by atoms with Crippen molar-refractivity contribution < 1.29 is 18.3 Å². The van der Waals surface area contributed by atoms with Gasteiger partial charge in [0.15, 0.2) is 0 Å². The Kier molecular flexibility index (Phi) is 5.21. The predicted octanol–water partition coefficient (Wildman–Crippen LogP) is 1.40. The summed E-state index contributed by atoms with van der Waals surface area (Å²) in [7, 11) is -3.67. The number of piperidine rings is 1. The van der Waals surface area contributed by atoms with Crippen molar-refractivity contribution in [3.63, 3.8) is 0 Å². The van der Waals surface area contributed by atoms with Gasteiger partial charge in [-0.15, -0.1) is 11.3 Å². The van der Waals surface area contributed by atoms with Crippen molar-refractivity contribution in [2.24, 2.45) is 5.92 Å². The van der Waals surface area contributed by atoms with Crippen LogP contribution in [0.3, 0.4) is 0 Å². The summed E-state index contributed by atoms with van der Waals surface area (Å²) in [6, 6.07) is 0. The molecule has 2 heterocycles. The lowest BCUT2D eigenvalue weighted by molar-refractivity contribution is -0.142. The number of nitrogens with zero attached hydrogens (tertiary/aromatic N) is 2. The van der Waals surface area contributed by atoms with E-state index in [0.717, 1.165) is 5.01 Å². The van der Waals surface area contributed by atoms with Crippen LogP contribution >= 0.6 is 11.3 Å². The summed E-state index contributed by atoms with van der Waals surface area (Å²) in [5.41, 5.74) is -0.753. The molecule has 1 fully saturated rings. The molecule has 7 nitrogen and oxygen atoms in total. The molecule has 1 atom stereocenters. The summed E-state index contributed by atoms with van der Waals surface area (Å²) in [6.07, 6.45) is 2.92. The fraction of sp³-hybridized carbons (Fsp3) is 0.692. The Morgan fingerprint density at radius 3 is 2.64 bits per heavy atom. The number of aliphatic carboxylic acids is 1. The molecule has 0 radical (unpaired) electrons. The third-order valence-electron chi connectivity index (χ3n) is 4.11. The van der Waals surface area contributed by atoms with Gasteiger partial charge in [0, 0.05) is 24.7 Å². The summed E-state index contributed by atoms with van der Waals surface area (Å²) >= 11 is 1.41. The number of carbonyl (C=O) groups is 1. The molecule has 0 saturated carbocycles. The topological polar surface area (TPSA) is 99.6 Å². The molecule has 9 heteroatoms. The van der Waals surface area contributed by atoms with Crippen LogP contribution in [0.4, 0.5) is 0 Å². The number of hydrogen-bond donors (Lipinski definition) is 2. The van der Waals surface area contributed by atoms with E-state index in [1.165, 1.54) is 15.6 Å². The molecular formula is C13H21N3O4S2. The maximum atomic E-state index is 12.6. The first-order chi connectivity index (χ1) is 10.3. The van der Waals surface area contributed by atoms with Crippen molar-refractivity contribution in [3.05, 3.63) is 16.6 Å². The van der Waals surface area contributed by atoms with E-state index in [1.54, 1.807) is 6.20 Å². The predicted molar refractivity (Wildman–Crippen MR) is 83.7 cm³/mol. The van der Waals surface area contributed by atoms with E-state index < -0.39 is 27.6 Å². The minimum atomic E-state index is -3.67. The Morgan fingerprint density at radius 2 is 2.18 bits per heavy atom. The number of nitrogens with one attached hydrogen (secondary N) is 1. The van der Waals surface area contributed by atoms with E-state index >= 15 is 0 Å². The first kappa shape index (κ1) is 17.3. The van der Waals surface area contributed by atoms with Crippen LogP contribution in [0.2, 0.25) is 0 Å². The SMILES string of the molecule is CCC(C)(NS(=O)(=O)N1CCC(C(=O)O)CC1)c1nccs1. The van der Waals surface area contributed by atoms with Gasteiger partial charge in [-0.1, -0.05) is 6.92 Å². The van der Waals surface area contributed by atoms with Gasteiger partial charge in [0.2, 0.25) is 0 Å². The first-order valence-electron chi connectivity index (χ1n) is 7.20. The van der Waals surface area contributed by atoms with Crippen LogP contribution in [0, 0.1) is 5.92 Å². The normalized spacial score (nSPS) is 20.6. The van der Waals surface area contributed by atoms with E-state index in [-0.39, 0.29) is 13.1 Å². The summed E-state index contributed by atoms with van der Waals surface area (Å²) in [5.74, 6) is -1.31. The minimum absolute atomic E-state index is 0.226. The van der Waals surface area contributed by atoms with E-state index in [4.69, 9.17) is 5.11 Å². The van der Waals surface area contributed by atoms with Gasteiger partial charge in [0.1, 0.15) is 5.01 Å². The average molecular weight is 347 g/mol. The van der Waals surface area contributed by atoms with Crippen LogP contribution in [0.15, 0.2) is 11.6 Å². The number of carboxylic acids is 1. The Labute approximate surface area is 134 Å². The Morgan fingerprint density at radius 1 is 1.55 bits per heavy atom. The lowest BCUT2D eigenvalue weighted by Crippen LogP contribution is -2.52. The fourth-order valence-corrected chi connectivity index (χ4v) is 4.98. The van der Waals surface area contributed by atoms with Crippen LogP contribution < -0.4 is 4.72 Å². The molecule has 2 rings (SSSR count). The number of hydrogen-bond acceptors (Lipinski definition) is 5. The summed E-state index contributed by atoms with van der Waals surface area (Å²) in [4.78, 5) is 15.2. The van der Waals surface area contributed by atoms with Gasteiger partial charge in [-0.3, -0.25) is 4.79 Å². The molecule has 0 amide bonds. The third kappa shape index (κ3) is 3.65. The standard InChI is InChI=1S/C13H21N3O4S2/c1-3-13(2,12-14-6-9-21-12)15-22(19,20)16-7-4-10(5-8-16)11(17)18/h6,9-10,15H,3-5,7-8H2,1-2H3,(H,17,18). The van der Waals surface area contributed by atoms with Crippen molar-refractivity contribution in [1.82, 2.24) is 14.0 Å². The second-order valence-electron chi connectivity index (χ2n) is 5.64. The van der Waals surface area contributed by atoms with Crippen LogP contribution in [0.25, 0.3) is 0 Å². The number of carboxylic acid groups (broad SMARTS) is 1. The molecule has 1 saturated heterocycles. The molecule has 0 bridgehead atoms. The van der Waals surface area contributed by atoms with Crippen LogP contribution in [0.5, 0.6) is 0 Å². The molecule has 2 N–H and O–H groups in total. The fourth-order valence-electron chi connectivity index (χ4n) is 2.46. The third-order valence-corrected chi connectivity index (χ3v) is 6.90. The van der Waals surface area contributed by atoms with Gasteiger partial charge in [0.25, 0.3) is 10.2 Å². The smallest absolute Gasteiger partial charge is 0.306 e. The second kappa shape index (κ2) is 6.61. The van der Waals surface area contributed by atoms with Gasteiger partial charge >= 0.3 is 5.97 Å². The van der Waals surface area contributed by atoms with E-state index in [0.29, 0.717) is 19.3 Å². The van der Waals surface area contributed by atoms with Crippen molar-refractivity contribution in [2.45, 2.75) is 38.6 Å². The zero-order valence-electron chi connectivity index (χ0n) is 12.7. The molecule has 1 aromatic rings. The molecule has 1 unspecified atom stereocenters. The maximum absolute atomic E-state index is 12.6. The number of thiazole rings is 1. The maximum Gasteiger partial charge on any atom is 0.306 e. The summed E-state index contributed by atoms with van der Waals surface area (Å²) < 4.78 is 29.2. The second-order valence-corrected chi connectivity index (χ2v) is 8.21. The molecule has 0 aromatic carbocycles. The largest absolute Gasteiger partial charge is 0.481 e. The Balaban J connectivity index is 2.09. The average Bonchev–Trinajstić information content (AvgIpc) is 3.01. The van der Waals surface area contributed by atoms with Crippen molar-refractivity contribution in [1.29, 1.82) is 0 Å².